The van der Waals surface area contributed by atoms with Crippen molar-refractivity contribution in [2.24, 2.45) is 0 Å². The summed E-state index contributed by atoms with van der Waals surface area (Å²) >= 11 is 0. The second kappa shape index (κ2) is 9.69. The first-order valence-electron chi connectivity index (χ1n) is 9.64. The number of benzene rings is 3. The lowest BCUT2D eigenvalue weighted by molar-refractivity contribution is 0.0954. The van der Waals surface area contributed by atoms with Crippen LogP contribution in [0.1, 0.15) is 38.8 Å². The van der Waals surface area contributed by atoms with Gasteiger partial charge in [-0.2, -0.15) is 0 Å². The Morgan fingerprint density at radius 1 is 0.967 bits per heavy atom. The molecule has 0 aliphatic carbocycles. The van der Waals surface area contributed by atoms with E-state index in [-0.39, 0.29) is 24.2 Å². The first-order valence-corrected chi connectivity index (χ1v) is 9.64. The average Bonchev–Trinajstić information content (AvgIpc) is 2.75. The van der Waals surface area contributed by atoms with Crippen LogP contribution < -0.4 is 15.4 Å². The summed E-state index contributed by atoms with van der Waals surface area (Å²) in [6.45, 7) is 4.43. The molecule has 0 fully saturated rings. The number of carbonyl (C=O) groups is 2. The molecular formula is C24H23FN2O3. The van der Waals surface area contributed by atoms with E-state index in [4.69, 9.17) is 4.74 Å². The van der Waals surface area contributed by atoms with Crippen molar-refractivity contribution in [1.29, 1.82) is 0 Å². The van der Waals surface area contributed by atoms with E-state index >= 15 is 0 Å². The lowest BCUT2D eigenvalue weighted by Crippen LogP contribution is -2.23. The van der Waals surface area contributed by atoms with E-state index in [0.29, 0.717) is 29.1 Å². The number of hydrogen-bond acceptors (Lipinski definition) is 3. The number of rotatable bonds is 7. The molecule has 0 spiro atoms. The number of aryl methyl sites for hydroxylation is 1. The number of hydrogen-bond donors (Lipinski definition) is 2. The number of anilines is 1. The Kier molecular flexibility index (Phi) is 6.80. The Morgan fingerprint density at radius 2 is 1.70 bits per heavy atom. The van der Waals surface area contributed by atoms with E-state index in [2.05, 4.69) is 10.6 Å². The van der Waals surface area contributed by atoms with Gasteiger partial charge in [0.25, 0.3) is 11.8 Å². The molecule has 0 aliphatic rings. The molecule has 0 heterocycles. The van der Waals surface area contributed by atoms with E-state index in [0.717, 1.165) is 11.1 Å². The van der Waals surface area contributed by atoms with Crippen LogP contribution in [0.4, 0.5) is 10.1 Å². The van der Waals surface area contributed by atoms with E-state index in [1.165, 1.54) is 12.1 Å². The molecule has 3 aromatic carbocycles. The van der Waals surface area contributed by atoms with E-state index in [1.54, 1.807) is 54.6 Å². The second-order valence-corrected chi connectivity index (χ2v) is 6.75. The molecule has 5 nitrogen and oxygen atoms in total. The maximum atomic E-state index is 13.1. The summed E-state index contributed by atoms with van der Waals surface area (Å²) in [5, 5.41) is 5.60. The Labute approximate surface area is 174 Å². The molecule has 0 aliphatic heterocycles. The maximum absolute atomic E-state index is 13.1. The molecule has 0 saturated heterocycles. The highest BCUT2D eigenvalue weighted by atomic mass is 19.1. The number of amides is 2. The maximum Gasteiger partial charge on any atom is 0.259 e. The van der Waals surface area contributed by atoms with Gasteiger partial charge in [0.05, 0.1) is 5.56 Å². The standard InChI is InChI=1S/C24H23FN2O3/c1-3-26-23(28)18-11-8-16(2)21(14-18)27-24(29)20-6-4-5-7-22(20)30-15-17-9-12-19(25)13-10-17/h4-14H,3,15H2,1-2H3,(H,26,28)(H,27,29). The van der Waals surface area contributed by atoms with Crippen molar-refractivity contribution in [3.63, 3.8) is 0 Å². The fraction of sp³-hybridized carbons (Fsp3) is 0.167. The third kappa shape index (κ3) is 5.23. The van der Waals surface area contributed by atoms with E-state index in [1.807, 2.05) is 13.8 Å². The molecule has 0 atom stereocenters. The van der Waals surface area contributed by atoms with Crippen LogP contribution in [0.15, 0.2) is 66.7 Å². The Balaban J connectivity index is 1.77. The van der Waals surface area contributed by atoms with Gasteiger partial charge >= 0.3 is 0 Å². The monoisotopic (exact) mass is 406 g/mol. The van der Waals surface area contributed by atoms with Crippen molar-refractivity contribution in [3.8, 4) is 5.75 Å². The summed E-state index contributed by atoms with van der Waals surface area (Å²) in [5.41, 5.74) is 3.01. The first kappa shape index (κ1) is 21.0. The lowest BCUT2D eigenvalue weighted by atomic mass is 10.1. The highest BCUT2D eigenvalue weighted by Crippen LogP contribution is 2.23. The summed E-state index contributed by atoms with van der Waals surface area (Å²) in [6.07, 6.45) is 0. The van der Waals surface area contributed by atoms with Crippen LogP contribution in [0, 0.1) is 12.7 Å². The SMILES string of the molecule is CCNC(=O)c1ccc(C)c(NC(=O)c2ccccc2OCc2ccc(F)cc2)c1. The molecule has 154 valence electrons. The van der Waals surface area contributed by atoms with Crippen molar-refractivity contribution < 1.29 is 18.7 Å². The zero-order valence-electron chi connectivity index (χ0n) is 16.9. The van der Waals surface area contributed by atoms with E-state index < -0.39 is 0 Å². The quantitative estimate of drug-likeness (QED) is 0.597. The van der Waals surface area contributed by atoms with Crippen LogP contribution in [-0.4, -0.2) is 18.4 Å². The van der Waals surface area contributed by atoms with Gasteiger partial charge in [-0.15, -0.1) is 0 Å². The number of nitrogens with one attached hydrogen (secondary N) is 2. The first-order chi connectivity index (χ1) is 14.5. The molecule has 3 rings (SSSR count). The second-order valence-electron chi connectivity index (χ2n) is 6.75. The van der Waals surface area contributed by atoms with Gasteiger partial charge in [0.2, 0.25) is 0 Å². The van der Waals surface area contributed by atoms with Crippen LogP contribution in [-0.2, 0) is 6.61 Å². The molecular weight excluding hydrogens is 383 g/mol. The Hall–Kier alpha value is -3.67. The number of halogens is 1. The highest BCUT2D eigenvalue weighted by molar-refractivity contribution is 6.07. The summed E-state index contributed by atoms with van der Waals surface area (Å²) in [6, 6.07) is 18.0. The minimum Gasteiger partial charge on any atom is -0.488 e. The van der Waals surface area contributed by atoms with Crippen molar-refractivity contribution in [1.82, 2.24) is 5.32 Å². The topological polar surface area (TPSA) is 67.4 Å². The van der Waals surface area contributed by atoms with Crippen LogP contribution in [0.5, 0.6) is 5.75 Å². The summed E-state index contributed by atoms with van der Waals surface area (Å²) in [5.74, 6) is -0.447. The van der Waals surface area contributed by atoms with Crippen LogP contribution >= 0.6 is 0 Å². The number of carbonyl (C=O) groups excluding carboxylic acids is 2. The van der Waals surface area contributed by atoms with Crippen LogP contribution in [0.3, 0.4) is 0 Å². The molecule has 0 unspecified atom stereocenters. The summed E-state index contributed by atoms with van der Waals surface area (Å²) in [7, 11) is 0. The Bertz CT molecular complexity index is 1050. The third-order valence-electron chi connectivity index (χ3n) is 4.52. The highest BCUT2D eigenvalue weighted by Gasteiger charge is 2.15. The zero-order valence-corrected chi connectivity index (χ0v) is 16.9. The number of ether oxygens (including phenoxy) is 1. The molecule has 6 heteroatoms. The van der Waals surface area contributed by atoms with Crippen molar-refractivity contribution in [3.05, 3.63) is 94.8 Å². The summed E-state index contributed by atoms with van der Waals surface area (Å²) in [4.78, 5) is 25.0. The third-order valence-corrected chi connectivity index (χ3v) is 4.52. The molecule has 0 radical (unpaired) electrons. The molecule has 0 saturated carbocycles. The van der Waals surface area contributed by atoms with Gasteiger partial charge in [-0.25, -0.2) is 4.39 Å². The molecule has 30 heavy (non-hydrogen) atoms. The lowest BCUT2D eigenvalue weighted by Gasteiger charge is -2.14. The predicted molar refractivity (Wildman–Crippen MR) is 114 cm³/mol. The normalized spacial score (nSPS) is 10.4. The van der Waals surface area contributed by atoms with Gasteiger partial charge < -0.3 is 15.4 Å². The van der Waals surface area contributed by atoms with Gasteiger partial charge in [0.15, 0.2) is 0 Å². The molecule has 0 bridgehead atoms. The van der Waals surface area contributed by atoms with Gasteiger partial charge in [-0.3, -0.25) is 9.59 Å². The van der Waals surface area contributed by atoms with Crippen LogP contribution in [0.25, 0.3) is 0 Å². The molecule has 2 amide bonds. The van der Waals surface area contributed by atoms with Gasteiger partial charge in [-0.05, 0) is 61.4 Å². The predicted octanol–water partition coefficient (Wildman–Crippen LogP) is 4.72. The fourth-order valence-corrected chi connectivity index (χ4v) is 2.87. The largest absolute Gasteiger partial charge is 0.488 e. The fourth-order valence-electron chi connectivity index (χ4n) is 2.87. The van der Waals surface area contributed by atoms with Crippen molar-refractivity contribution >= 4 is 17.5 Å². The van der Waals surface area contributed by atoms with Crippen molar-refractivity contribution in [2.45, 2.75) is 20.5 Å². The summed E-state index contributed by atoms with van der Waals surface area (Å²) < 4.78 is 18.9. The van der Waals surface area contributed by atoms with Crippen molar-refractivity contribution in [2.75, 3.05) is 11.9 Å². The average molecular weight is 406 g/mol. The minimum absolute atomic E-state index is 0.198. The Morgan fingerprint density at radius 3 is 2.43 bits per heavy atom. The van der Waals surface area contributed by atoms with Gasteiger partial charge in [-0.1, -0.05) is 30.3 Å². The van der Waals surface area contributed by atoms with E-state index in [9.17, 15) is 14.0 Å². The minimum atomic E-state index is -0.346. The smallest absolute Gasteiger partial charge is 0.259 e. The molecule has 3 aromatic rings. The van der Waals surface area contributed by atoms with Gasteiger partial charge in [0, 0.05) is 17.8 Å². The number of para-hydroxylation sites is 1. The molecule has 0 aromatic heterocycles. The van der Waals surface area contributed by atoms with Gasteiger partial charge in [0.1, 0.15) is 18.2 Å². The zero-order chi connectivity index (χ0) is 21.5. The van der Waals surface area contributed by atoms with Crippen LogP contribution in [0.2, 0.25) is 0 Å². The molecule has 2 N–H and O–H groups in total.